The van der Waals surface area contributed by atoms with E-state index in [4.69, 9.17) is 4.74 Å². The normalized spacial score (nSPS) is 30.5. The minimum Gasteiger partial charge on any atom is -0.481 e. The Balaban J connectivity index is 2.08. The van der Waals surface area contributed by atoms with Gasteiger partial charge in [-0.05, 0) is 49.4 Å². The van der Waals surface area contributed by atoms with Crippen molar-refractivity contribution in [1.29, 1.82) is 0 Å². The molecular formula is C23H40O4. The molecule has 2 saturated carbocycles. The number of esters is 1. The lowest BCUT2D eigenvalue weighted by Crippen LogP contribution is -2.39. The van der Waals surface area contributed by atoms with Crippen molar-refractivity contribution in [1.82, 2.24) is 0 Å². The van der Waals surface area contributed by atoms with Crippen molar-refractivity contribution in [2.75, 3.05) is 0 Å². The molecule has 2 aliphatic rings. The first-order valence-corrected chi connectivity index (χ1v) is 11.2. The van der Waals surface area contributed by atoms with Crippen molar-refractivity contribution in [3.05, 3.63) is 0 Å². The zero-order valence-corrected chi connectivity index (χ0v) is 17.8. The Morgan fingerprint density at radius 1 is 1.00 bits per heavy atom. The van der Waals surface area contributed by atoms with E-state index < -0.39 is 17.8 Å². The Kier molecular flexibility index (Phi) is 8.18. The van der Waals surface area contributed by atoms with Gasteiger partial charge in [-0.2, -0.15) is 0 Å². The monoisotopic (exact) mass is 380 g/mol. The highest BCUT2D eigenvalue weighted by Gasteiger charge is 2.40. The first-order chi connectivity index (χ1) is 12.8. The minimum atomic E-state index is -0.842. The van der Waals surface area contributed by atoms with E-state index in [0.717, 1.165) is 44.4 Å². The first kappa shape index (κ1) is 22.2. The average molecular weight is 381 g/mol. The number of ether oxygens (including phenoxy) is 1. The van der Waals surface area contributed by atoms with E-state index in [1.807, 2.05) is 0 Å². The summed E-state index contributed by atoms with van der Waals surface area (Å²) in [5.41, 5.74) is 0.130. The summed E-state index contributed by atoms with van der Waals surface area (Å²) in [5, 5.41) is 9.51. The molecule has 2 rings (SSSR count). The molecule has 4 nitrogen and oxygen atoms in total. The molecule has 0 aliphatic heterocycles. The summed E-state index contributed by atoms with van der Waals surface area (Å²) >= 11 is 0. The zero-order valence-electron chi connectivity index (χ0n) is 17.8. The molecule has 0 spiro atoms. The second kappa shape index (κ2) is 9.93. The molecule has 2 fully saturated rings. The molecule has 0 heterocycles. The third-order valence-electron chi connectivity index (χ3n) is 7.36. The molecule has 0 aromatic carbocycles. The highest BCUT2D eigenvalue weighted by Crippen LogP contribution is 2.40. The van der Waals surface area contributed by atoms with Crippen molar-refractivity contribution < 1.29 is 19.4 Å². The Labute approximate surface area is 165 Å². The van der Waals surface area contributed by atoms with Crippen molar-refractivity contribution >= 4 is 11.9 Å². The van der Waals surface area contributed by atoms with Crippen LogP contribution in [0.5, 0.6) is 0 Å². The summed E-state index contributed by atoms with van der Waals surface area (Å²) in [6, 6.07) is 0. The summed E-state index contributed by atoms with van der Waals surface area (Å²) in [6.45, 7) is 8.94. The molecular weight excluding hydrogens is 340 g/mol. The highest BCUT2D eigenvalue weighted by atomic mass is 16.5. The van der Waals surface area contributed by atoms with Gasteiger partial charge in [0.2, 0.25) is 0 Å². The predicted molar refractivity (Wildman–Crippen MR) is 107 cm³/mol. The maximum absolute atomic E-state index is 13.0. The molecule has 2 aliphatic carbocycles. The Hall–Kier alpha value is -1.06. The second-order valence-corrected chi connectivity index (χ2v) is 9.72. The van der Waals surface area contributed by atoms with Crippen LogP contribution in [0.2, 0.25) is 0 Å². The number of carboxylic acid groups (broad SMARTS) is 1. The molecule has 0 radical (unpaired) electrons. The first-order valence-electron chi connectivity index (χ1n) is 11.2. The lowest BCUT2D eigenvalue weighted by Gasteiger charge is -2.38. The highest BCUT2D eigenvalue weighted by molar-refractivity contribution is 5.81. The summed E-state index contributed by atoms with van der Waals surface area (Å²) in [5.74, 6) is -0.888. The van der Waals surface area contributed by atoms with Gasteiger partial charge in [0.1, 0.15) is 6.10 Å². The van der Waals surface area contributed by atoms with Crippen molar-refractivity contribution in [2.45, 2.75) is 104 Å². The molecule has 156 valence electrons. The van der Waals surface area contributed by atoms with Gasteiger partial charge in [-0.15, -0.1) is 0 Å². The molecule has 0 aromatic heterocycles. The fraction of sp³-hybridized carbons (Fsp3) is 0.913. The average Bonchev–Trinajstić information content (AvgIpc) is 2.67. The maximum atomic E-state index is 13.0. The third kappa shape index (κ3) is 6.22. The number of hydrogen-bond donors (Lipinski definition) is 1. The maximum Gasteiger partial charge on any atom is 0.310 e. The minimum absolute atomic E-state index is 0.0679. The molecule has 3 unspecified atom stereocenters. The van der Waals surface area contributed by atoms with Gasteiger partial charge in [0.25, 0.3) is 0 Å². The van der Waals surface area contributed by atoms with Crippen LogP contribution in [0.3, 0.4) is 0 Å². The fourth-order valence-corrected chi connectivity index (χ4v) is 4.91. The summed E-state index contributed by atoms with van der Waals surface area (Å²) in [4.78, 5) is 24.6. The molecule has 0 aromatic rings. The van der Waals surface area contributed by atoms with Gasteiger partial charge in [0.15, 0.2) is 0 Å². The Bertz CT molecular complexity index is 491. The van der Waals surface area contributed by atoms with Crippen LogP contribution in [0.25, 0.3) is 0 Å². The van der Waals surface area contributed by atoms with Crippen LogP contribution in [0, 0.1) is 29.1 Å². The van der Waals surface area contributed by atoms with E-state index in [-0.39, 0.29) is 17.5 Å². The van der Waals surface area contributed by atoms with E-state index in [2.05, 4.69) is 27.7 Å². The third-order valence-corrected chi connectivity index (χ3v) is 7.36. The molecule has 0 saturated heterocycles. The lowest BCUT2D eigenvalue weighted by atomic mass is 9.73. The van der Waals surface area contributed by atoms with Crippen molar-refractivity contribution in [2.24, 2.45) is 29.1 Å². The summed E-state index contributed by atoms with van der Waals surface area (Å²) in [7, 11) is 0. The molecule has 3 atom stereocenters. The van der Waals surface area contributed by atoms with Crippen LogP contribution < -0.4 is 0 Å². The van der Waals surface area contributed by atoms with Crippen molar-refractivity contribution in [3.8, 4) is 0 Å². The zero-order chi connectivity index (χ0) is 20.0. The van der Waals surface area contributed by atoms with Gasteiger partial charge in [0, 0.05) is 0 Å². The van der Waals surface area contributed by atoms with Crippen LogP contribution in [-0.4, -0.2) is 23.1 Å². The topological polar surface area (TPSA) is 63.6 Å². The summed E-state index contributed by atoms with van der Waals surface area (Å²) < 4.78 is 6.11. The number of carbonyl (C=O) groups excluding carboxylic acids is 1. The number of carbonyl (C=O) groups is 2. The standard InChI is InChI=1S/C23H40O4/c1-5-16-11-13-17(14-12-16)20(15-23(3,4)6-2)27-22(26)19-10-8-7-9-18(19)21(24)25/h16-20H,5-15H2,1-4H3,(H,24,25). The van der Waals surface area contributed by atoms with E-state index >= 15 is 0 Å². The van der Waals surface area contributed by atoms with Gasteiger partial charge < -0.3 is 9.84 Å². The van der Waals surface area contributed by atoms with E-state index in [1.165, 1.54) is 19.3 Å². The number of rotatable bonds is 8. The Morgan fingerprint density at radius 3 is 2.11 bits per heavy atom. The van der Waals surface area contributed by atoms with E-state index in [0.29, 0.717) is 18.8 Å². The van der Waals surface area contributed by atoms with Crippen LogP contribution in [0.4, 0.5) is 0 Å². The lowest BCUT2D eigenvalue weighted by molar-refractivity contribution is -0.168. The van der Waals surface area contributed by atoms with Gasteiger partial charge in [-0.25, -0.2) is 0 Å². The van der Waals surface area contributed by atoms with E-state index in [9.17, 15) is 14.7 Å². The van der Waals surface area contributed by atoms with Crippen LogP contribution in [0.1, 0.15) is 98.3 Å². The smallest absolute Gasteiger partial charge is 0.310 e. The Morgan fingerprint density at radius 2 is 1.59 bits per heavy atom. The van der Waals surface area contributed by atoms with Crippen LogP contribution in [0.15, 0.2) is 0 Å². The van der Waals surface area contributed by atoms with Gasteiger partial charge in [-0.1, -0.05) is 66.2 Å². The SMILES string of the molecule is CCC1CCC(C(CC(C)(C)CC)OC(=O)C2CCCCC2C(=O)O)CC1. The van der Waals surface area contributed by atoms with E-state index in [1.54, 1.807) is 0 Å². The van der Waals surface area contributed by atoms with Gasteiger partial charge in [0.05, 0.1) is 11.8 Å². The fourth-order valence-electron chi connectivity index (χ4n) is 4.91. The van der Waals surface area contributed by atoms with Crippen LogP contribution >= 0.6 is 0 Å². The largest absolute Gasteiger partial charge is 0.481 e. The number of carboxylic acids is 1. The van der Waals surface area contributed by atoms with Crippen LogP contribution in [-0.2, 0) is 14.3 Å². The number of hydrogen-bond acceptors (Lipinski definition) is 3. The number of aliphatic carboxylic acids is 1. The van der Waals surface area contributed by atoms with Gasteiger partial charge in [-0.3, -0.25) is 9.59 Å². The molecule has 4 heteroatoms. The van der Waals surface area contributed by atoms with Crippen molar-refractivity contribution in [3.63, 3.8) is 0 Å². The molecule has 27 heavy (non-hydrogen) atoms. The summed E-state index contributed by atoms with van der Waals surface area (Å²) in [6.07, 6.45) is 10.9. The molecule has 1 N–H and O–H groups in total. The predicted octanol–water partition coefficient (Wildman–Crippen LogP) is 5.83. The van der Waals surface area contributed by atoms with Gasteiger partial charge >= 0.3 is 11.9 Å². The quantitative estimate of drug-likeness (QED) is 0.538. The molecule has 0 amide bonds. The second-order valence-electron chi connectivity index (χ2n) is 9.72. The molecule has 0 bridgehead atoms.